The van der Waals surface area contributed by atoms with E-state index in [4.69, 9.17) is 0 Å². The molecule has 0 spiro atoms. The van der Waals surface area contributed by atoms with Crippen molar-refractivity contribution >= 4 is 11.7 Å². The minimum Gasteiger partial charge on any atom is -0.356 e. The smallest absolute Gasteiger partial charge is 0.228 e. The lowest BCUT2D eigenvalue weighted by Gasteiger charge is -2.30. The lowest BCUT2D eigenvalue weighted by molar-refractivity contribution is -0.137. The molecule has 1 fully saturated rings. The van der Waals surface area contributed by atoms with Gasteiger partial charge in [0.05, 0.1) is 19.0 Å². The minimum atomic E-state index is 0.0163. The summed E-state index contributed by atoms with van der Waals surface area (Å²) in [5, 5.41) is 4.36. The van der Waals surface area contributed by atoms with Gasteiger partial charge in [-0.15, -0.1) is 0 Å². The highest BCUT2D eigenvalue weighted by atomic mass is 16.2. The first-order valence-corrected chi connectivity index (χ1v) is 8.47. The summed E-state index contributed by atoms with van der Waals surface area (Å²) in [6, 6.07) is 5.91. The molecule has 0 bridgehead atoms. The Bertz CT molecular complexity index is 743. The zero-order valence-electron chi connectivity index (χ0n) is 14.1. The van der Waals surface area contributed by atoms with Crippen LogP contribution in [-0.2, 0) is 17.9 Å². The van der Waals surface area contributed by atoms with Crippen molar-refractivity contribution < 1.29 is 4.79 Å². The lowest BCUT2D eigenvalue weighted by atomic mass is 9.96. The summed E-state index contributed by atoms with van der Waals surface area (Å²) in [7, 11) is 0. The number of amides is 1. The van der Waals surface area contributed by atoms with Crippen LogP contribution in [0.25, 0.3) is 0 Å². The number of anilines is 1. The van der Waals surface area contributed by atoms with Crippen molar-refractivity contribution in [1.29, 1.82) is 0 Å². The van der Waals surface area contributed by atoms with Gasteiger partial charge in [-0.25, -0.2) is 14.6 Å². The van der Waals surface area contributed by atoms with Crippen molar-refractivity contribution in [2.45, 2.75) is 26.9 Å². The molecule has 0 aromatic carbocycles. The molecule has 2 aromatic rings. The number of aromatic nitrogens is 4. The van der Waals surface area contributed by atoms with Crippen LogP contribution >= 0.6 is 0 Å². The van der Waals surface area contributed by atoms with Crippen LogP contribution in [0, 0.1) is 18.8 Å². The maximum absolute atomic E-state index is 13.0. The lowest BCUT2D eigenvalue weighted by Crippen LogP contribution is -2.43. The molecule has 24 heavy (non-hydrogen) atoms. The number of hydrogen-bond acceptors (Lipinski definition) is 5. The molecular weight excluding hydrogens is 304 g/mol. The Kier molecular flexibility index (Phi) is 3.70. The highest BCUT2D eigenvalue weighted by Gasteiger charge is 2.38. The molecule has 1 amide bonds. The van der Waals surface area contributed by atoms with Gasteiger partial charge < -0.3 is 9.80 Å². The van der Waals surface area contributed by atoms with Gasteiger partial charge in [-0.3, -0.25) is 4.79 Å². The molecule has 0 radical (unpaired) electrons. The molecule has 2 atom stereocenters. The van der Waals surface area contributed by atoms with E-state index in [0.717, 1.165) is 37.1 Å². The van der Waals surface area contributed by atoms with Crippen molar-refractivity contribution in [2.75, 3.05) is 24.5 Å². The monoisotopic (exact) mass is 326 g/mol. The number of aryl methyl sites for hydroxylation is 1. The molecular formula is C17H22N6O. The predicted molar refractivity (Wildman–Crippen MR) is 89.3 cm³/mol. The average molecular weight is 326 g/mol. The summed E-state index contributed by atoms with van der Waals surface area (Å²) in [4.78, 5) is 26.0. The number of carbonyl (C=O) groups is 1. The van der Waals surface area contributed by atoms with Gasteiger partial charge >= 0.3 is 0 Å². The number of nitrogens with zero attached hydrogens (tertiary/aromatic N) is 6. The van der Waals surface area contributed by atoms with Gasteiger partial charge in [0.2, 0.25) is 5.91 Å². The van der Waals surface area contributed by atoms with Crippen molar-refractivity contribution in [3.8, 4) is 0 Å². The Balaban J connectivity index is 1.47. The van der Waals surface area contributed by atoms with E-state index < -0.39 is 0 Å². The SMILES string of the molecule is Cc1nc2n(n1)CCN(C(=O)[C@@H]1CN(c3ccccn3)C[C@H]1C)C2. The van der Waals surface area contributed by atoms with Crippen LogP contribution in [0.1, 0.15) is 18.6 Å². The van der Waals surface area contributed by atoms with Crippen molar-refractivity contribution in [1.82, 2.24) is 24.6 Å². The van der Waals surface area contributed by atoms with Crippen molar-refractivity contribution in [2.24, 2.45) is 11.8 Å². The Hall–Kier alpha value is -2.44. The van der Waals surface area contributed by atoms with Crippen LogP contribution in [0.5, 0.6) is 0 Å². The Morgan fingerprint density at radius 2 is 2.12 bits per heavy atom. The van der Waals surface area contributed by atoms with Crippen LogP contribution in [-0.4, -0.2) is 50.2 Å². The standard InChI is InChI=1S/C17H22N6O/c1-12-9-22(15-5-3-4-6-18-15)10-14(12)17(24)21-7-8-23-16(11-21)19-13(2)20-23/h3-6,12,14H,7-11H2,1-2H3/t12-,14-/m1/s1. The molecule has 126 valence electrons. The maximum atomic E-state index is 13.0. The summed E-state index contributed by atoms with van der Waals surface area (Å²) in [6.45, 7) is 7.65. The fraction of sp³-hybridized carbons (Fsp3) is 0.529. The summed E-state index contributed by atoms with van der Waals surface area (Å²) in [5.74, 6) is 3.18. The quantitative estimate of drug-likeness (QED) is 0.827. The van der Waals surface area contributed by atoms with Gasteiger partial charge in [0, 0.05) is 25.8 Å². The Morgan fingerprint density at radius 3 is 2.92 bits per heavy atom. The molecule has 0 N–H and O–H groups in total. The molecule has 4 heterocycles. The number of carbonyl (C=O) groups excluding carboxylic acids is 1. The molecule has 0 unspecified atom stereocenters. The minimum absolute atomic E-state index is 0.0163. The third-order valence-corrected chi connectivity index (χ3v) is 4.98. The van der Waals surface area contributed by atoms with E-state index in [9.17, 15) is 4.79 Å². The third-order valence-electron chi connectivity index (χ3n) is 4.98. The number of hydrogen-bond donors (Lipinski definition) is 0. The second-order valence-corrected chi connectivity index (χ2v) is 6.73. The molecule has 7 heteroatoms. The topological polar surface area (TPSA) is 67.2 Å². The summed E-state index contributed by atoms with van der Waals surface area (Å²) >= 11 is 0. The van der Waals surface area contributed by atoms with Crippen LogP contribution in [0.4, 0.5) is 5.82 Å². The average Bonchev–Trinajstić information content (AvgIpc) is 3.16. The molecule has 7 nitrogen and oxygen atoms in total. The van der Waals surface area contributed by atoms with E-state index in [1.807, 2.05) is 34.7 Å². The van der Waals surface area contributed by atoms with Gasteiger partial charge in [-0.2, -0.15) is 5.10 Å². The highest BCUT2D eigenvalue weighted by Crippen LogP contribution is 2.29. The molecule has 0 saturated carbocycles. The van der Waals surface area contributed by atoms with E-state index in [2.05, 4.69) is 26.9 Å². The normalized spacial score (nSPS) is 23.4. The van der Waals surface area contributed by atoms with Crippen molar-refractivity contribution in [3.05, 3.63) is 36.0 Å². The van der Waals surface area contributed by atoms with Crippen LogP contribution in [0.2, 0.25) is 0 Å². The fourth-order valence-electron chi connectivity index (χ4n) is 3.70. The number of rotatable bonds is 2. The molecule has 4 rings (SSSR count). The molecule has 1 saturated heterocycles. The van der Waals surface area contributed by atoms with E-state index in [1.54, 1.807) is 6.20 Å². The first-order chi connectivity index (χ1) is 11.6. The van der Waals surface area contributed by atoms with E-state index >= 15 is 0 Å². The van der Waals surface area contributed by atoms with Crippen molar-refractivity contribution in [3.63, 3.8) is 0 Å². The Morgan fingerprint density at radius 1 is 1.25 bits per heavy atom. The third kappa shape index (κ3) is 2.64. The zero-order valence-corrected chi connectivity index (χ0v) is 14.1. The second-order valence-electron chi connectivity index (χ2n) is 6.73. The maximum Gasteiger partial charge on any atom is 0.228 e. The number of fused-ring (bicyclic) bond motifs is 1. The molecule has 0 aliphatic carbocycles. The molecule has 2 aliphatic heterocycles. The van der Waals surface area contributed by atoms with Crippen LogP contribution in [0.3, 0.4) is 0 Å². The molecule has 2 aromatic heterocycles. The largest absolute Gasteiger partial charge is 0.356 e. The van der Waals surface area contributed by atoms with Gasteiger partial charge in [0.15, 0.2) is 0 Å². The van der Waals surface area contributed by atoms with Gasteiger partial charge in [-0.1, -0.05) is 13.0 Å². The first kappa shape index (κ1) is 15.1. The zero-order chi connectivity index (χ0) is 16.7. The van der Waals surface area contributed by atoms with E-state index in [-0.39, 0.29) is 11.8 Å². The first-order valence-electron chi connectivity index (χ1n) is 8.47. The van der Waals surface area contributed by atoms with Crippen LogP contribution in [0.15, 0.2) is 24.4 Å². The van der Waals surface area contributed by atoms with Gasteiger partial charge in [0.25, 0.3) is 0 Å². The summed E-state index contributed by atoms with van der Waals surface area (Å²) < 4.78 is 1.91. The number of pyridine rings is 1. The fourth-order valence-corrected chi connectivity index (χ4v) is 3.70. The van der Waals surface area contributed by atoms with Crippen LogP contribution < -0.4 is 4.90 Å². The second kappa shape index (κ2) is 5.89. The van der Waals surface area contributed by atoms with Gasteiger partial charge in [-0.05, 0) is 25.0 Å². The summed E-state index contributed by atoms with van der Waals surface area (Å²) in [6.07, 6.45) is 1.80. The van der Waals surface area contributed by atoms with E-state index in [0.29, 0.717) is 19.0 Å². The highest BCUT2D eigenvalue weighted by molar-refractivity contribution is 5.80. The predicted octanol–water partition coefficient (Wildman–Crippen LogP) is 1.10. The summed E-state index contributed by atoms with van der Waals surface area (Å²) in [5.41, 5.74) is 0. The van der Waals surface area contributed by atoms with E-state index in [1.165, 1.54) is 0 Å². The molecule has 2 aliphatic rings. The Labute approximate surface area is 141 Å². The van der Waals surface area contributed by atoms with Gasteiger partial charge in [0.1, 0.15) is 17.5 Å².